The Morgan fingerprint density at radius 1 is 1.12 bits per heavy atom. The van der Waals surface area contributed by atoms with Crippen molar-refractivity contribution in [2.45, 2.75) is 25.0 Å². The van der Waals surface area contributed by atoms with Crippen LogP contribution < -0.4 is 4.90 Å². The number of likely N-dealkylation sites (tertiary alicyclic amines) is 1. The van der Waals surface area contributed by atoms with Crippen molar-refractivity contribution in [3.63, 3.8) is 0 Å². The van der Waals surface area contributed by atoms with Crippen LogP contribution in [0.2, 0.25) is 5.02 Å². The molecule has 2 aromatic carbocycles. The van der Waals surface area contributed by atoms with Gasteiger partial charge in [-0.2, -0.15) is 0 Å². The molecule has 4 rings (SSSR count). The van der Waals surface area contributed by atoms with Crippen LogP contribution in [0.25, 0.3) is 0 Å². The highest BCUT2D eigenvalue weighted by atomic mass is 35.5. The topological polar surface area (TPSA) is 107 Å². The molecule has 0 aliphatic carbocycles. The number of carboxylic acids is 1. The predicted octanol–water partition coefficient (Wildman–Crippen LogP) is 2.52. The third kappa shape index (κ3) is 4.59. The number of imide groups is 1. The number of benzene rings is 2. The van der Waals surface area contributed by atoms with Crippen molar-refractivity contribution >= 4 is 41.1 Å². The van der Waals surface area contributed by atoms with E-state index >= 15 is 0 Å². The van der Waals surface area contributed by atoms with E-state index in [-0.39, 0.29) is 23.8 Å². The molecule has 0 radical (unpaired) electrons. The Morgan fingerprint density at radius 2 is 1.85 bits per heavy atom. The molecule has 2 fully saturated rings. The zero-order chi connectivity index (χ0) is 24.4. The quantitative estimate of drug-likeness (QED) is 0.640. The van der Waals surface area contributed by atoms with Crippen molar-refractivity contribution < 1.29 is 33.4 Å². The van der Waals surface area contributed by atoms with Gasteiger partial charge < -0.3 is 19.6 Å². The highest BCUT2D eigenvalue weighted by molar-refractivity contribution is 6.31. The zero-order valence-electron chi connectivity index (χ0n) is 17.9. The maximum absolute atomic E-state index is 13.7. The Balaban J connectivity index is 1.67. The van der Waals surface area contributed by atoms with Gasteiger partial charge in [-0.1, -0.05) is 41.9 Å². The van der Waals surface area contributed by atoms with E-state index in [0.717, 1.165) is 16.5 Å². The number of urea groups is 1. The molecule has 2 heterocycles. The normalized spacial score (nSPS) is 20.0. The van der Waals surface area contributed by atoms with Gasteiger partial charge in [-0.25, -0.2) is 18.9 Å². The lowest BCUT2D eigenvalue weighted by atomic mass is 10.0. The fourth-order valence-corrected chi connectivity index (χ4v) is 4.49. The number of halogens is 2. The minimum atomic E-state index is -1.22. The summed E-state index contributed by atoms with van der Waals surface area (Å²) in [5.74, 6) is -3.13. The third-order valence-electron chi connectivity index (χ3n) is 5.81. The van der Waals surface area contributed by atoms with Gasteiger partial charge in [0.25, 0.3) is 5.91 Å². The SMILES string of the molecule is O=C(O)COCC(=O)N1CC[C@@H]2[C@H]1C(=O)N(c1ccc(F)c(Cl)c1)C(=O)N2Cc1ccccc1. The number of carbonyl (C=O) groups is 4. The molecule has 0 bridgehead atoms. The van der Waals surface area contributed by atoms with E-state index < -0.39 is 54.9 Å². The molecule has 2 aromatic rings. The van der Waals surface area contributed by atoms with Gasteiger partial charge in [0.05, 0.1) is 16.8 Å². The summed E-state index contributed by atoms with van der Waals surface area (Å²) in [5, 5.41) is 8.48. The molecule has 11 heteroatoms. The van der Waals surface area contributed by atoms with Gasteiger partial charge in [0.1, 0.15) is 25.1 Å². The highest BCUT2D eigenvalue weighted by Gasteiger charge is 2.53. The molecule has 2 aliphatic heterocycles. The molecule has 0 spiro atoms. The van der Waals surface area contributed by atoms with E-state index in [2.05, 4.69) is 0 Å². The number of anilines is 1. The van der Waals surface area contributed by atoms with Gasteiger partial charge in [-0.15, -0.1) is 0 Å². The summed E-state index contributed by atoms with van der Waals surface area (Å²) in [6.07, 6.45) is 0.359. The van der Waals surface area contributed by atoms with Gasteiger partial charge in [0.2, 0.25) is 5.91 Å². The molecular formula is C23H21ClFN3O6. The van der Waals surface area contributed by atoms with E-state index in [0.29, 0.717) is 6.42 Å². The number of nitrogens with zero attached hydrogens (tertiary/aromatic N) is 3. The van der Waals surface area contributed by atoms with Crippen molar-refractivity contribution in [1.29, 1.82) is 0 Å². The van der Waals surface area contributed by atoms with Crippen LogP contribution in [-0.2, 0) is 25.7 Å². The number of hydrogen-bond donors (Lipinski definition) is 1. The molecule has 2 atom stereocenters. The number of aliphatic carboxylic acids is 1. The van der Waals surface area contributed by atoms with Crippen molar-refractivity contribution in [2.24, 2.45) is 0 Å². The van der Waals surface area contributed by atoms with Gasteiger partial charge in [0.15, 0.2) is 0 Å². The van der Waals surface area contributed by atoms with Crippen LogP contribution in [0.15, 0.2) is 48.5 Å². The van der Waals surface area contributed by atoms with E-state index in [1.54, 1.807) is 0 Å². The minimum absolute atomic E-state index is 0.0827. The van der Waals surface area contributed by atoms with E-state index in [1.807, 2.05) is 30.3 Å². The van der Waals surface area contributed by atoms with Crippen LogP contribution in [0.3, 0.4) is 0 Å². The first-order valence-electron chi connectivity index (χ1n) is 10.5. The standard InChI is InChI=1S/C23H21ClFN3O6/c24-16-10-15(6-7-17(16)25)28-22(32)21-18(8-9-26(21)19(29)12-34-13-20(30)31)27(23(28)33)11-14-4-2-1-3-5-14/h1-7,10,18,21H,8-9,11-13H2,(H,30,31)/t18-,21+/m1/s1. The Labute approximate surface area is 199 Å². The molecule has 0 aromatic heterocycles. The van der Waals surface area contributed by atoms with E-state index in [1.165, 1.54) is 21.9 Å². The molecule has 2 saturated heterocycles. The molecule has 178 valence electrons. The third-order valence-corrected chi connectivity index (χ3v) is 6.09. The van der Waals surface area contributed by atoms with Crippen LogP contribution in [-0.4, -0.2) is 70.6 Å². The number of hydrogen-bond acceptors (Lipinski definition) is 5. The van der Waals surface area contributed by atoms with Crippen LogP contribution in [0, 0.1) is 5.82 Å². The van der Waals surface area contributed by atoms with Crippen LogP contribution in [0.1, 0.15) is 12.0 Å². The van der Waals surface area contributed by atoms with Crippen molar-refractivity contribution in [3.8, 4) is 0 Å². The van der Waals surface area contributed by atoms with Crippen molar-refractivity contribution in [1.82, 2.24) is 9.80 Å². The molecule has 34 heavy (non-hydrogen) atoms. The summed E-state index contributed by atoms with van der Waals surface area (Å²) < 4.78 is 18.7. The highest BCUT2D eigenvalue weighted by Crippen LogP contribution is 2.35. The number of carbonyl (C=O) groups excluding carboxylic acids is 3. The number of fused-ring (bicyclic) bond motifs is 1. The average Bonchev–Trinajstić information content (AvgIpc) is 3.25. The molecular weight excluding hydrogens is 469 g/mol. The second-order valence-electron chi connectivity index (χ2n) is 7.94. The largest absolute Gasteiger partial charge is 0.480 e. The number of amides is 4. The van der Waals surface area contributed by atoms with Gasteiger partial charge in [0, 0.05) is 13.1 Å². The molecule has 0 saturated carbocycles. The summed E-state index contributed by atoms with van der Waals surface area (Å²) in [7, 11) is 0. The summed E-state index contributed by atoms with van der Waals surface area (Å²) >= 11 is 5.90. The van der Waals surface area contributed by atoms with Crippen molar-refractivity contribution in [2.75, 3.05) is 24.7 Å². The first-order valence-corrected chi connectivity index (χ1v) is 10.9. The summed E-state index contributed by atoms with van der Waals surface area (Å²) in [4.78, 5) is 54.2. The Hall–Kier alpha value is -3.50. The fraction of sp³-hybridized carbons (Fsp3) is 0.304. The summed E-state index contributed by atoms with van der Waals surface area (Å²) in [5.41, 5.74) is 0.912. The molecule has 0 unspecified atom stereocenters. The smallest absolute Gasteiger partial charge is 0.332 e. The molecule has 2 aliphatic rings. The van der Waals surface area contributed by atoms with E-state index in [4.69, 9.17) is 21.4 Å². The average molecular weight is 490 g/mol. The van der Waals surface area contributed by atoms with Crippen molar-refractivity contribution in [3.05, 3.63) is 64.9 Å². The predicted molar refractivity (Wildman–Crippen MR) is 119 cm³/mol. The van der Waals surface area contributed by atoms with E-state index in [9.17, 15) is 23.6 Å². The second-order valence-corrected chi connectivity index (χ2v) is 8.35. The second kappa shape index (κ2) is 9.78. The number of ether oxygens (including phenoxy) is 1. The van der Waals surface area contributed by atoms with Gasteiger partial charge >= 0.3 is 12.0 Å². The lowest BCUT2D eigenvalue weighted by molar-refractivity contribution is -0.148. The van der Waals surface area contributed by atoms with Crippen LogP contribution in [0.5, 0.6) is 0 Å². The molecule has 9 nitrogen and oxygen atoms in total. The maximum Gasteiger partial charge on any atom is 0.332 e. The molecule has 1 N–H and O–H groups in total. The Morgan fingerprint density at radius 3 is 2.53 bits per heavy atom. The number of rotatable bonds is 7. The minimum Gasteiger partial charge on any atom is -0.480 e. The summed E-state index contributed by atoms with van der Waals surface area (Å²) in [6.45, 7) is -0.789. The van der Waals surface area contributed by atoms with Crippen LogP contribution >= 0.6 is 11.6 Å². The monoisotopic (exact) mass is 489 g/mol. The first-order chi connectivity index (χ1) is 16.3. The summed E-state index contributed by atoms with van der Waals surface area (Å²) in [6, 6.07) is 10.5. The molecule has 4 amide bonds. The van der Waals surface area contributed by atoms with Gasteiger partial charge in [-0.3, -0.25) is 9.59 Å². The Bertz CT molecular complexity index is 1130. The fourth-order valence-electron chi connectivity index (χ4n) is 4.31. The zero-order valence-corrected chi connectivity index (χ0v) is 18.7. The van der Waals surface area contributed by atoms with Gasteiger partial charge in [-0.05, 0) is 30.2 Å². The maximum atomic E-state index is 13.7. The number of carboxylic acid groups (broad SMARTS) is 1. The van der Waals surface area contributed by atoms with Crippen LogP contribution in [0.4, 0.5) is 14.9 Å². The Kier molecular flexibility index (Phi) is 6.80. The lowest BCUT2D eigenvalue weighted by Crippen LogP contribution is -2.66. The first kappa shape index (κ1) is 23.7. The lowest BCUT2D eigenvalue weighted by Gasteiger charge is -2.43.